The van der Waals surface area contributed by atoms with Crippen molar-refractivity contribution in [3.05, 3.63) is 82.8 Å². The third-order valence-corrected chi connectivity index (χ3v) is 4.78. The minimum absolute atomic E-state index is 0.0741. The van der Waals surface area contributed by atoms with E-state index in [4.69, 9.17) is 0 Å². The van der Waals surface area contributed by atoms with E-state index in [-0.39, 0.29) is 5.91 Å². The smallest absolute Gasteiger partial charge is 0.274 e. The molecule has 0 aliphatic carbocycles. The second-order valence-electron chi connectivity index (χ2n) is 7.03. The maximum atomic E-state index is 12.8. The maximum Gasteiger partial charge on any atom is 0.274 e. The fourth-order valence-corrected chi connectivity index (χ4v) is 3.53. The SMILES string of the molecule is Cc1cc(C)cc(Nc2cnc(C(=O)N3CCc4ccccc4C3)cn2)c1. The Hall–Kier alpha value is -3.21. The number of rotatable bonds is 3. The zero-order chi connectivity index (χ0) is 18.8. The molecule has 2 heterocycles. The van der Waals surface area contributed by atoms with E-state index in [2.05, 4.69) is 59.5 Å². The van der Waals surface area contributed by atoms with Gasteiger partial charge in [-0.15, -0.1) is 0 Å². The van der Waals surface area contributed by atoms with Gasteiger partial charge in [-0.2, -0.15) is 0 Å². The van der Waals surface area contributed by atoms with Gasteiger partial charge in [-0.1, -0.05) is 30.3 Å². The molecular weight excluding hydrogens is 336 g/mol. The molecule has 0 radical (unpaired) electrons. The topological polar surface area (TPSA) is 58.1 Å². The van der Waals surface area contributed by atoms with E-state index in [0.29, 0.717) is 24.6 Å². The zero-order valence-corrected chi connectivity index (χ0v) is 15.6. The molecule has 0 fully saturated rings. The Bertz CT molecular complexity index is 962. The van der Waals surface area contributed by atoms with E-state index in [9.17, 15) is 4.79 Å². The van der Waals surface area contributed by atoms with Gasteiger partial charge >= 0.3 is 0 Å². The summed E-state index contributed by atoms with van der Waals surface area (Å²) in [6.07, 6.45) is 4.04. The van der Waals surface area contributed by atoms with Crippen molar-refractivity contribution in [2.45, 2.75) is 26.8 Å². The molecule has 5 nitrogen and oxygen atoms in total. The summed E-state index contributed by atoms with van der Waals surface area (Å²) in [7, 11) is 0. The molecule has 1 aliphatic rings. The molecule has 4 rings (SSSR count). The molecule has 1 N–H and O–H groups in total. The van der Waals surface area contributed by atoms with Crippen LogP contribution in [-0.2, 0) is 13.0 Å². The number of carbonyl (C=O) groups excluding carboxylic acids is 1. The van der Waals surface area contributed by atoms with E-state index < -0.39 is 0 Å². The van der Waals surface area contributed by atoms with Gasteiger partial charge in [0, 0.05) is 18.8 Å². The number of aryl methyl sites for hydroxylation is 2. The standard InChI is InChI=1S/C22H22N4O/c1-15-9-16(2)11-19(10-15)25-21-13-23-20(12-24-21)22(27)26-8-7-17-5-3-4-6-18(17)14-26/h3-6,9-13H,7-8,14H2,1-2H3,(H,24,25). The summed E-state index contributed by atoms with van der Waals surface area (Å²) in [6.45, 7) is 5.45. The van der Waals surface area contributed by atoms with Crippen LogP contribution < -0.4 is 5.32 Å². The number of nitrogens with one attached hydrogen (secondary N) is 1. The van der Waals surface area contributed by atoms with Gasteiger partial charge in [-0.05, 0) is 54.7 Å². The average molecular weight is 358 g/mol. The lowest BCUT2D eigenvalue weighted by Gasteiger charge is -2.28. The van der Waals surface area contributed by atoms with Gasteiger partial charge in [0.1, 0.15) is 11.5 Å². The minimum atomic E-state index is -0.0741. The molecule has 0 saturated carbocycles. The van der Waals surface area contributed by atoms with Crippen molar-refractivity contribution in [2.24, 2.45) is 0 Å². The van der Waals surface area contributed by atoms with E-state index in [1.807, 2.05) is 17.0 Å². The van der Waals surface area contributed by atoms with Crippen molar-refractivity contribution in [1.29, 1.82) is 0 Å². The highest BCUT2D eigenvalue weighted by molar-refractivity contribution is 5.92. The fraction of sp³-hybridized carbons (Fsp3) is 0.227. The van der Waals surface area contributed by atoms with Gasteiger partial charge < -0.3 is 10.2 Å². The first-order valence-corrected chi connectivity index (χ1v) is 9.12. The van der Waals surface area contributed by atoms with Crippen molar-refractivity contribution in [1.82, 2.24) is 14.9 Å². The monoisotopic (exact) mass is 358 g/mol. The van der Waals surface area contributed by atoms with Crippen LogP contribution in [0, 0.1) is 13.8 Å². The molecule has 1 amide bonds. The summed E-state index contributed by atoms with van der Waals surface area (Å²) in [6, 6.07) is 14.5. The second-order valence-corrected chi connectivity index (χ2v) is 7.03. The summed E-state index contributed by atoms with van der Waals surface area (Å²) < 4.78 is 0. The molecule has 5 heteroatoms. The van der Waals surface area contributed by atoms with Crippen molar-refractivity contribution < 1.29 is 4.79 Å². The predicted octanol–water partition coefficient (Wildman–Crippen LogP) is 4.04. The Morgan fingerprint density at radius 2 is 1.74 bits per heavy atom. The van der Waals surface area contributed by atoms with E-state index in [0.717, 1.165) is 12.1 Å². The third-order valence-electron chi connectivity index (χ3n) is 4.78. The Morgan fingerprint density at radius 1 is 1.00 bits per heavy atom. The lowest BCUT2D eigenvalue weighted by molar-refractivity contribution is 0.0728. The molecule has 1 aliphatic heterocycles. The molecule has 27 heavy (non-hydrogen) atoms. The van der Waals surface area contributed by atoms with Gasteiger partial charge in [0.15, 0.2) is 0 Å². The summed E-state index contributed by atoms with van der Waals surface area (Å²) >= 11 is 0. The van der Waals surface area contributed by atoms with Crippen LogP contribution in [0.25, 0.3) is 0 Å². The molecule has 0 unspecified atom stereocenters. The van der Waals surface area contributed by atoms with Crippen LogP contribution in [0.1, 0.15) is 32.7 Å². The first-order valence-electron chi connectivity index (χ1n) is 9.12. The third kappa shape index (κ3) is 3.82. The summed E-state index contributed by atoms with van der Waals surface area (Å²) in [5.74, 6) is 0.551. The van der Waals surface area contributed by atoms with Gasteiger partial charge in [-0.3, -0.25) is 4.79 Å². The van der Waals surface area contributed by atoms with Crippen LogP contribution in [0.4, 0.5) is 11.5 Å². The van der Waals surface area contributed by atoms with Gasteiger partial charge in [0.25, 0.3) is 5.91 Å². The van der Waals surface area contributed by atoms with Crippen LogP contribution >= 0.6 is 0 Å². The normalized spacial score (nSPS) is 13.2. The maximum absolute atomic E-state index is 12.8. The quantitative estimate of drug-likeness (QED) is 0.768. The summed E-state index contributed by atoms with van der Waals surface area (Å²) in [5.41, 5.74) is 6.23. The lowest BCUT2D eigenvalue weighted by Crippen LogP contribution is -2.36. The van der Waals surface area contributed by atoms with Crippen LogP contribution in [0.2, 0.25) is 0 Å². The van der Waals surface area contributed by atoms with Crippen molar-refractivity contribution >= 4 is 17.4 Å². The Balaban J connectivity index is 1.46. The number of fused-ring (bicyclic) bond motifs is 1. The average Bonchev–Trinajstić information content (AvgIpc) is 2.67. The Kier molecular flexibility index (Phi) is 4.59. The number of benzene rings is 2. The van der Waals surface area contributed by atoms with E-state index >= 15 is 0 Å². The molecule has 3 aromatic rings. The van der Waals surface area contributed by atoms with Gasteiger partial charge in [0.05, 0.1) is 12.4 Å². The summed E-state index contributed by atoms with van der Waals surface area (Å²) in [4.78, 5) is 23.3. The van der Waals surface area contributed by atoms with Gasteiger partial charge in [0.2, 0.25) is 0 Å². The highest BCUT2D eigenvalue weighted by Gasteiger charge is 2.22. The second kappa shape index (κ2) is 7.19. The number of hydrogen-bond donors (Lipinski definition) is 1. The van der Waals surface area contributed by atoms with Crippen LogP contribution in [-0.4, -0.2) is 27.3 Å². The van der Waals surface area contributed by atoms with Crippen LogP contribution in [0.15, 0.2) is 54.9 Å². The molecule has 2 aromatic carbocycles. The minimum Gasteiger partial charge on any atom is -0.339 e. The Morgan fingerprint density at radius 3 is 2.44 bits per heavy atom. The van der Waals surface area contributed by atoms with Crippen molar-refractivity contribution in [3.8, 4) is 0 Å². The molecule has 0 saturated heterocycles. The van der Waals surface area contributed by atoms with Gasteiger partial charge in [-0.25, -0.2) is 9.97 Å². The summed E-state index contributed by atoms with van der Waals surface area (Å²) in [5, 5.41) is 3.25. The molecule has 0 spiro atoms. The van der Waals surface area contributed by atoms with Crippen molar-refractivity contribution in [2.75, 3.05) is 11.9 Å². The molecule has 0 atom stereocenters. The number of anilines is 2. The molecule has 1 aromatic heterocycles. The fourth-order valence-electron chi connectivity index (χ4n) is 3.53. The van der Waals surface area contributed by atoms with Crippen molar-refractivity contribution in [3.63, 3.8) is 0 Å². The first kappa shape index (κ1) is 17.2. The molecular formula is C22H22N4O. The van der Waals surface area contributed by atoms with E-state index in [1.54, 1.807) is 12.4 Å². The largest absolute Gasteiger partial charge is 0.339 e. The first-order chi connectivity index (χ1) is 13.1. The van der Waals surface area contributed by atoms with E-state index in [1.165, 1.54) is 22.3 Å². The molecule has 136 valence electrons. The molecule has 0 bridgehead atoms. The number of carbonyl (C=O) groups is 1. The van der Waals surface area contributed by atoms with Crippen LogP contribution in [0.5, 0.6) is 0 Å². The number of amides is 1. The predicted molar refractivity (Wildman–Crippen MR) is 106 cm³/mol. The lowest BCUT2D eigenvalue weighted by atomic mass is 10.00. The number of aromatic nitrogens is 2. The number of hydrogen-bond acceptors (Lipinski definition) is 4. The highest BCUT2D eigenvalue weighted by Crippen LogP contribution is 2.21. The number of nitrogens with zero attached hydrogens (tertiary/aromatic N) is 3. The highest BCUT2D eigenvalue weighted by atomic mass is 16.2. The zero-order valence-electron chi connectivity index (χ0n) is 15.6. The Labute approximate surface area is 159 Å². The van der Waals surface area contributed by atoms with Crippen LogP contribution in [0.3, 0.4) is 0 Å².